The van der Waals surface area contributed by atoms with E-state index in [-0.39, 0.29) is 18.5 Å². The minimum absolute atomic E-state index is 0.198. The van der Waals surface area contributed by atoms with Crippen LogP contribution in [0.2, 0.25) is 0 Å². The standard InChI is InChI=1S/C22H23N5O2S/c1-15-4-2-3-5-20(15)26-22(29)27(30)14-19(23)16-6-8-17(9-7-16)21(28)25-18-10-12-24-13-11-18/h2-13,19,30H,14,23H2,1H3,(H,26,29)(H,24,25,28). The Kier molecular flexibility index (Phi) is 7.05. The molecular weight excluding hydrogens is 398 g/mol. The fraction of sp³-hybridized carbons (Fsp3) is 0.136. The second-order valence-corrected chi connectivity index (χ2v) is 7.23. The Morgan fingerprint density at radius 1 is 1.03 bits per heavy atom. The third-order valence-electron chi connectivity index (χ3n) is 4.53. The number of thiol groups is 1. The Morgan fingerprint density at radius 2 is 1.70 bits per heavy atom. The highest BCUT2D eigenvalue weighted by atomic mass is 32.1. The molecule has 1 atom stereocenters. The van der Waals surface area contributed by atoms with E-state index in [0.29, 0.717) is 11.3 Å². The van der Waals surface area contributed by atoms with Crippen LogP contribution in [0.5, 0.6) is 0 Å². The van der Waals surface area contributed by atoms with Crippen molar-refractivity contribution in [2.75, 3.05) is 17.2 Å². The molecule has 154 valence electrons. The monoisotopic (exact) mass is 421 g/mol. The molecule has 0 saturated carbocycles. The molecule has 2 aromatic carbocycles. The van der Waals surface area contributed by atoms with Crippen LogP contribution in [0.25, 0.3) is 0 Å². The zero-order chi connectivity index (χ0) is 21.5. The van der Waals surface area contributed by atoms with Crippen molar-refractivity contribution >= 4 is 36.1 Å². The van der Waals surface area contributed by atoms with E-state index >= 15 is 0 Å². The molecule has 0 aliphatic carbocycles. The lowest BCUT2D eigenvalue weighted by atomic mass is 10.0. The highest BCUT2D eigenvalue weighted by Crippen LogP contribution is 2.18. The smallest absolute Gasteiger partial charge is 0.322 e. The number of amides is 3. The highest BCUT2D eigenvalue weighted by molar-refractivity contribution is 7.78. The van der Waals surface area contributed by atoms with Crippen molar-refractivity contribution in [3.05, 3.63) is 89.7 Å². The van der Waals surface area contributed by atoms with E-state index in [0.717, 1.165) is 16.8 Å². The Morgan fingerprint density at radius 3 is 2.37 bits per heavy atom. The number of aromatic nitrogens is 1. The second kappa shape index (κ2) is 9.91. The largest absolute Gasteiger partial charge is 0.331 e. The van der Waals surface area contributed by atoms with E-state index < -0.39 is 6.04 Å². The lowest BCUT2D eigenvalue weighted by Crippen LogP contribution is -2.33. The fourth-order valence-corrected chi connectivity index (χ4v) is 3.01. The molecule has 0 aliphatic heterocycles. The first-order valence-electron chi connectivity index (χ1n) is 9.34. The highest BCUT2D eigenvalue weighted by Gasteiger charge is 2.16. The summed E-state index contributed by atoms with van der Waals surface area (Å²) in [7, 11) is 0. The summed E-state index contributed by atoms with van der Waals surface area (Å²) in [6.45, 7) is 2.11. The van der Waals surface area contributed by atoms with Gasteiger partial charge in [-0.15, -0.1) is 0 Å². The van der Waals surface area contributed by atoms with Crippen LogP contribution in [-0.2, 0) is 0 Å². The Bertz CT molecular complexity index is 1010. The van der Waals surface area contributed by atoms with Crippen LogP contribution in [0.1, 0.15) is 27.5 Å². The minimum Gasteiger partial charge on any atom is -0.322 e. The van der Waals surface area contributed by atoms with Crippen LogP contribution < -0.4 is 16.4 Å². The Hall–Kier alpha value is -3.36. The summed E-state index contributed by atoms with van der Waals surface area (Å²) in [5.74, 6) is -0.227. The molecular formula is C22H23N5O2S. The zero-order valence-corrected chi connectivity index (χ0v) is 17.3. The minimum atomic E-state index is -0.456. The zero-order valence-electron chi connectivity index (χ0n) is 16.4. The van der Waals surface area contributed by atoms with Crippen LogP contribution in [0, 0.1) is 6.92 Å². The van der Waals surface area contributed by atoms with Gasteiger partial charge in [-0.25, -0.2) is 4.79 Å². The third-order valence-corrected chi connectivity index (χ3v) is 4.87. The number of aryl methyl sites for hydroxylation is 1. The summed E-state index contributed by atoms with van der Waals surface area (Å²) in [6.07, 6.45) is 3.21. The molecule has 7 nitrogen and oxygen atoms in total. The quantitative estimate of drug-likeness (QED) is 0.452. The van der Waals surface area contributed by atoms with Crippen molar-refractivity contribution in [3.8, 4) is 0 Å². The predicted molar refractivity (Wildman–Crippen MR) is 121 cm³/mol. The lowest BCUT2D eigenvalue weighted by Gasteiger charge is -2.21. The Labute approximate surface area is 180 Å². The molecule has 3 aromatic rings. The molecule has 1 unspecified atom stereocenters. The maximum absolute atomic E-state index is 12.4. The van der Waals surface area contributed by atoms with E-state index in [2.05, 4.69) is 28.4 Å². The van der Waals surface area contributed by atoms with Gasteiger partial charge in [-0.3, -0.25) is 14.1 Å². The number of urea groups is 1. The van der Waals surface area contributed by atoms with Crippen molar-refractivity contribution in [2.24, 2.45) is 5.73 Å². The third kappa shape index (κ3) is 5.59. The normalized spacial score (nSPS) is 11.4. The molecule has 0 bridgehead atoms. The molecule has 0 saturated heterocycles. The van der Waals surface area contributed by atoms with E-state index in [1.807, 2.05) is 31.2 Å². The van der Waals surface area contributed by atoms with Crippen molar-refractivity contribution in [2.45, 2.75) is 13.0 Å². The molecule has 1 heterocycles. The van der Waals surface area contributed by atoms with E-state index in [1.165, 1.54) is 4.31 Å². The molecule has 0 spiro atoms. The fourth-order valence-electron chi connectivity index (χ4n) is 2.79. The first-order chi connectivity index (χ1) is 14.4. The summed E-state index contributed by atoms with van der Waals surface area (Å²) < 4.78 is 1.24. The number of anilines is 2. The number of carbonyl (C=O) groups excluding carboxylic acids is 2. The topological polar surface area (TPSA) is 100 Å². The number of carbonyl (C=O) groups is 2. The van der Waals surface area contributed by atoms with Crippen molar-refractivity contribution < 1.29 is 9.59 Å². The van der Waals surface area contributed by atoms with E-state index in [9.17, 15) is 9.59 Å². The summed E-state index contributed by atoms with van der Waals surface area (Å²) in [5, 5.41) is 5.61. The molecule has 0 fully saturated rings. The maximum Gasteiger partial charge on any atom is 0.331 e. The number of hydrogen-bond donors (Lipinski definition) is 4. The molecule has 3 amide bonds. The number of nitrogens with one attached hydrogen (secondary N) is 2. The van der Waals surface area contributed by atoms with Gasteiger partial charge in [0.05, 0.1) is 6.54 Å². The number of hydrogen-bond acceptors (Lipinski definition) is 5. The summed E-state index contributed by atoms with van der Waals surface area (Å²) in [5.41, 5.74) is 9.87. The first kappa shape index (κ1) is 21.4. The van der Waals surface area contributed by atoms with Gasteiger partial charge in [0.1, 0.15) is 0 Å². The van der Waals surface area contributed by atoms with Crippen LogP contribution in [0.3, 0.4) is 0 Å². The van der Waals surface area contributed by atoms with Crippen LogP contribution in [0.4, 0.5) is 16.2 Å². The molecule has 3 rings (SSSR count). The van der Waals surface area contributed by atoms with E-state index in [1.54, 1.807) is 48.8 Å². The molecule has 8 heteroatoms. The number of rotatable bonds is 6. The van der Waals surface area contributed by atoms with Gasteiger partial charge >= 0.3 is 6.03 Å². The van der Waals surface area contributed by atoms with Gasteiger partial charge in [-0.05, 0) is 48.4 Å². The number of nitrogens with two attached hydrogens (primary N) is 1. The summed E-state index contributed by atoms with van der Waals surface area (Å²) in [6, 6.07) is 17.0. The van der Waals surface area contributed by atoms with Crippen LogP contribution >= 0.6 is 12.8 Å². The summed E-state index contributed by atoms with van der Waals surface area (Å²) in [4.78, 5) is 28.6. The van der Waals surface area contributed by atoms with E-state index in [4.69, 9.17) is 5.73 Å². The number of para-hydroxylation sites is 1. The average Bonchev–Trinajstić information content (AvgIpc) is 2.76. The maximum atomic E-state index is 12.4. The average molecular weight is 422 g/mol. The van der Waals surface area contributed by atoms with Crippen molar-refractivity contribution in [3.63, 3.8) is 0 Å². The SMILES string of the molecule is Cc1ccccc1NC(=O)N(S)CC(N)c1ccc(C(=O)Nc2ccncc2)cc1. The van der Waals surface area contributed by atoms with Gasteiger partial charge in [0.25, 0.3) is 5.91 Å². The predicted octanol–water partition coefficient (Wildman–Crippen LogP) is 4.02. The molecule has 4 N–H and O–H groups in total. The van der Waals surface area contributed by atoms with Crippen LogP contribution in [0.15, 0.2) is 73.1 Å². The number of nitrogens with zero attached hydrogens (tertiary/aromatic N) is 2. The molecule has 1 aromatic heterocycles. The Balaban J connectivity index is 1.57. The summed E-state index contributed by atoms with van der Waals surface area (Å²) >= 11 is 4.26. The van der Waals surface area contributed by atoms with Gasteiger partial charge in [0.2, 0.25) is 0 Å². The van der Waals surface area contributed by atoms with Crippen LogP contribution in [-0.4, -0.2) is 27.8 Å². The first-order valence-corrected chi connectivity index (χ1v) is 9.74. The lowest BCUT2D eigenvalue weighted by molar-refractivity contribution is 0.102. The molecule has 30 heavy (non-hydrogen) atoms. The molecule has 0 radical (unpaired) electrons. The molecule has 0 aliphatic rings. The van der Waals surface area contributed by atoms with Gasteiger partial charge < -0.3 is 16.4 Å². The van der Waals surface area contributed by atoms with Gasteiger partial charge in [-0.1, -0.05) is 43.1 Å². The second-order valence-electron chi connectivity index (χ2n) is 6.75. The van der Waals surface area contributed by atoms with Gasteiger partial charge in [0.15, 0.2) is 0 Å². The van der Waals surface area contributed by atoms with Crippen molar-refractivity contribution in [1.82, 2.24) is 9.29 Å². The number of pyridine rings is 1. The van der Waals surface area contributed by atoms with Crippen molar-refractivity contribution in [1.29, 1.82) is 0 Å². The van der Waals surface area contributed by atoms with Gasteiger partial charge in [-0.2, -0.15) is 0 Å². The van der Waals surface area contributed by atoms with Gasteiger partial charge in [0, 0.05) is 35.4 Å². The number of benzene rings is 2.